The lowest BCUT2D eigenvalue weighted by Crippen LogP contribution is -2.29. The van der Waals surface area contributed by atoms with Crippen molar-refractivity contribution in [1.29, 1.82) is 0 Å². The lowest BCUT2D eigenvalue weighted by atomic mass is 9.72. The number of carbonyl (C=O) groups is 1. The average molecular weight is 236 g/mol. The number of esters is 1. The number of ether oxygens (including phenoxy) is 1. The summed E-state index contributed by atoms with van der Waals surface area (Å²) in [6.07, 6.45) is 4.80. The maximum Gasteiger partial charge on any atom is 0.305 e. The summed E-state index contributed by atoms with van der Waals surface area (Å²) in [5, 5.41) is 0. The van der Waals surface area contributed by atoms with Gasteiger partial charge in [-0.25, -0.2) is 0 Å². The molecule has 0 amide bonds. The second-order valence-corrected chi connectivity index (χ2v) is 6.75. The number of hydrogen-bond acceptors (Lipinski definition) is 2. The van der Waals surface area contributed by atoms with Crippen molar-refractivity contribution in [2.75, 3.05) is 7.11 Å². The minimum absolute atomic E-state index is 0.00204. The minimum Gasteiger partial charge on any atom is -0.469 e. The van der Waals surface area contributed by atoms with Crippen LogP contribution >= 0.6 is 0 Å². The highest BCUT2D eigenvalue weighted by molar-refractivity contribution is 5.69. The molecule has 3 rings (SSSR count). The van der Waals surface area contributed by atoms with Crippen LogP contribution in [0.3, 0.4) is 0 Å². The standard InChI is InChI=1S/C15H24O2/c1-8-4-12-10-5-11(7-14(16)17-3)13(6-10)15(12)9(8)2/h8-13,15H,4-7H2,1-3H3. The fraction of sp³-hybridized carbons (Fsp3) is 0.933. The number of fused-ring (bicyclic) bond motifs is 5. The van der Waals surface area contributed by atoms with E-state index in [9.17, 15) is 4.79 Å². The molecule has 7 unspecified atom stereocenters. The summed E-state index contributed by atoms with van der Waals surface area (Å²) in [5.74, 6) is 6.04. The van der Waals surface area contributed by atoms with Crippen LogP contribution in [-0.4, -0.2) is 13.1 Å². The third kappa shape index (κ3) is 1.63. The monoisotopic (exact) mass is 236 g/mol. The van der Waals surface area contributed by atoms with Gasteiger partial charge in [0.1, 0.15) is 0 Å². The first-order chi connectivity index (χ1) is 8.11. The molecule has 3 saturated carbocycles. The average Bonchev–Trinajstić information content (AvgIpc) is 2.92. The molecular weight excluding hydrogens is 212 g/mol. The smallest absolute Gasteiger partial charge is 0.305 e. The molecule has 0 heterocycles. The summed E-state index contributed by atoms with van der Waals surface area (Å²) >= 11 is 0. The van der Waals surface area contributed by atoms with Crippen LogP contribution in [0.1, 0.15) is 39.5 Å². The Kier molecular flexibility index (Phi) is 2.72. The summed E-state index contributed by atoms with van der Waals surface area (Å²) in [6.45, 7) is 4.85. The van der Waals surface area contributed by atoms with Gasteiger partial charge < -0.3 is 4.74 Å². The van der Waals surface area contributed by atoms with E-state index >= 15 is 0 Å². The van der Waals surface area contributed by atoms with E-state index in [0.717, 1.165) is 35.5 Å². The highest BCUT2D eigenvalue weighted by Gasteiger charge is 2.57. The van der Waals surface area contributed by atoms with Gasteiger partial charge in [-0.3, -0.25) is 4.79 Å². The van der Waals surface area contributed by atoms with Crippen LogP contribution in [0.4, 0.5) is 0 Å². The Morgan fingerprint density at radius 1 is 1.18 bits per heavy atom. The van der Waals surface area contributed by atoms with Crippen molar-refractivity contribution in [3.8, 4) is 0 Å². The largest absolute Gasteiger partial charge is 0.469 e. The summed E-state index contributed by atoms with van der Waals surface area (Å²) in [5.41, 5.74) is 0. The fourth-order valence-electron chi connectivity index (χ4n) is 5.34. The normalized spacial score (nSPS) is 51.6. The van der Waals surface area contributed by atoms with Crippen LogP contribution in [0.25, 0.3) is 0 Å². The predicted molar refractivity (Wildman–Crippen MR) is 66.3 cm³/mol. The van der Waals surface area contributed by atoms with E-state index in [2.05, 4.69) is 13.8 Å². The van der Waals surface area contributed by atoms with Crippen LogP contribution < -0.4 is 0 Å². The molecule has 0 aromatic rings. The SMILES string of the molecule is COC(=O)CC1CC2CC1C1C(C)C(C)CC21. The maximum atomic E-state index is 11.5. The van der Waals surface area contributed by atoms with Gasteiger partial charge in [0.2, 0.25) is 0 Å². The lowest BCUT2D eigenvalue weighted by Gasteiger charge is -2.33. The number of carbonyl (C=O) groups excluding carboxylic acids is 1. The third-order valence-electron chi connectivity index (χ3n) is 6.19. The quantitative estimate of drug-likeness (QED) is 0.689. The van der Waals surface area contributed by atoms with Crippen LogP contribution in [-0.2, 0) is 9.53 Å². The second-order valence-electron chi connectivity index (χ2n) is 6.75. The van der Waals surface area contributed by atoms with E-state index in [1.54, 1.807) is 0 Å². The van der Waals surface area contributed by atoms with Crippen molar-refractivity contribution >= 4 is 5.97 Å². The minimum atomic E-state index is -0.00204. The highest BCUT2D eigenvalue weighted by atomic mass is 16.5. The van der Waals surface area contributed by atoms with Crippen LogP contribution in [0.2, 0.25) is 0 Å². The Morgan fingerprint density at radius 3 is 2.65 bits per heavy atom. The van der Waals surface area contributed by atoms with E-state index in [-0.39, 0.29) is 5.97 Å². The maximum absolute atomic E-state index is 11.5. The summed E-state index contributed by atoms with van der Waals surface area (Å²) in [7, 11) is 1.51. The molecule has 0 spiro atoms. The van der Waals surface area contributed by atoms with Gasteiger partial charge in [-0.1, -0.05) is 13.8 Å². The molecule has 3 aliphatic carbocycles. The summed E-state index contributed by atoms with van der Waals surface area (Å²) in [4.78, 5) is 11.5. The molecule has 0 saturated heterocycles. The van der Waals surface area contributed by atoms with Gasteiger partial charge in [-0.2, -0.15) is 0 Å². The molecule has 0 aromatic heterocycles. The molecule has 3 fully saturated rings. The van der Waals surface area contributed by atoms with E-state index < -0.39 is 0 Å². The molecular formula is C15H24O2. The molecule has 0 radical (unpaired) electrons. The summed E-state index contributed by atoms with van der Waals surface area (Å²) in [6, 6.07) is 0. The van der Waals surface area contributed by atoms with E-state index in [1.165, 1.54) is 26.4 Å². The van der Waals surface area contributed by atoms with E-state index in [0.29, 0.717) is 12.3 Å². The third-order valence-corrected chi connectivity index (χ3v) is 6.19. The van der Waals surface area contributed by atoms with Gasteiger partial charge in [-0.15, -0.1) is 0 Å². The number of rotatable bonds is 2. The second kappa shape index (κ2) is 4.00. The van der Waals surface area contributed by atoms with Gasteiger partial charge in [0.15, 0.2) is 0 Å². The summed E-state index contributed by atoms with van der Waals surface area (Å²) < 4.78 is 4.84. The Labute approximate surface area is 104 Å². The van der Waals surface area contributed by atoms with Crippen LogP contribution in [0, 0.1) is 41.4 Å². The molecule has 96 valence electrons. The Balaban J connectivity index is 1.73. The molecule has 2 nitrogen and oxygen atoms in total. The lowest BCUT2D eigenvalue weighted by molar-refractivity contribution is -0.142. The molecule has 0 aliphatic heterocycles. The van der Waals surface area contributed by atoms with Crippen molar-refractivity contribution in [3.05, 3.63) is 0 Å². The Morgan fingerprint density at radius 2 is 1.94 bits per heavy atom. The van der Waals surface area contributed by atoms with Gasteiger partial charge >= 0.3 is 5.97 Å². The van der Waals surface area contributed by atoms with Gasteiger partial charge in [0.25, 0.3) is 0 Å². The van der Waals surface area contributed by atoms with E-state index in [1.807, 2.05) is 0 Å². The molecule has 3 aliphatic rings. The predicted octanol–water partition coefficient (Wildman–Crippen LogP) is 3.11. The first kappa shape index (κ1) is 11.6. The topological polar surface area (TPSA) is 26.3 Å². The first-order valence-electron chi connectivity index (χ1n) is 7.18. The molecule has 2 bridgehead atoms. The molecule has 0 aromatic carbocycles. The van der Waals surface area contributed by atoms with Crippen LogP contribution in [0.5, 0.6) is 0 Å². The van der Waals surface area contributed by atoms with Gasteiger partial charge in [-0.05, 0) is 60.7 Å². The van der Waals surface area contributed by atoms with Gasteiger partial charge in [0, 0.05) is 6.42 Å². The van der Waals surface area contributed by atoms with Crippen molar-refractivity contribution in [3.63, 3.8) is 0 Å². The first-order valence-corrected chi connectivity index (χ1v) is 7.18. The number of methoxy groups -OCH3 is 1. The van der Waals surface area contributed by atoms with Crippen molar-refractivity contribution in [2.24, 2.45) is 41.4 Å². The van der Waals surface area contributed by atoms with Gasteiger partial charge in [0.05, 0.1) is 7.11 Å². The van der Waals surface area contributed by atoms with Crippen molar-refractivity contribution in [1.82, 2.24) is 0 Å². The molecule has 17 heavy (non-hydrogen) atoms. The molecule has 2 heteroatoms. The Hall–Kier alpha value is -0.530. The number of hydrogen-bond donors (Lipinski definition) is 0. The Bertz CT molecular complexity index is 325. The fourth-order valence-corrected chi connectivity index (χ4v) is 5.34. The van der Waals surface area contributed by atoms with E-state index in [4.69, 9.17) is 4.74 Å². The van der Waals surface area contributed by atoms with Crippen molar-refractivity contribution < 1.29 is 9.53 Å². The van der Waals surface area contributed by atoms with Crippen LogP contribution in [0.15, 0.2) is 0 Å². The highest BCUT2D eigenvalue weighted by Crippen LogP contribution is 2.64. The zero-order valence-corrected chi connectivity index (χ0v) is 11.2. The zero-order valence-electron chi connectivity index (χ0n) is 11.2. The zero-order chi connectivity index (χ0) is 12.2. The van der Waals surface area contributed by atoms with Crippen molar-refractivity contribution in [2.45, 2.75) is 39.5 Å². The molecule has 0 N–H and O–H groups in total. The molecule has 7 atom stereocenters.